The number of benzene rings is 3. The number of imidazole rings is 1. The monoisotopic (exact) mass is 414 g/mol. The summed E-state index contributed by atoms with van der Waals surface area (Å²) in [6.07, 6.45) is 3.10. The maximum atomic E-state index is 11.6. The van der Waals surface area contributed by atoms with Crippen LogP contribution in [-0.2, 0) is 13.0 Å². The molecule has 1 aromatic heterocycles. The van der Waals surface area contributed by atoms with Gasteiger partial charge in [-0.3, -0.25) is 0 Å². The fourth-order valence-electron chi connectivity index (χ4n) is 3.93. The summed E-state index contributed by atoms with van der Waals surface area (Å²) >= 11 is 0. The predicted octanol–water partition coefficient (Wildman–Crippen LogP) is 5.80. The summed E-state index contributed by atoms with van der Waals surface area (Å²) in [5, 5.41) is 9.48. The highest BCUT2D eigenvalue weighted by atomic mass is 16.5. The highest BCUT2D eigenvalue weighted by Gasteiger charge is 2.15. The van der Waals surface area contributed by atoms with E-state index in [0.29, 0.717) is 12.1 Å². The summed E-state index contributed by atoms with van der Waals surface area (Å²) in [6.45, 7) is 2.88. The van der Waals surface area contributed by atoms with Crippen molar-refractivity contribution in [2.24, 2.45) is 0 Å². The van der Waals surface area contributed by atoms with Crippen LogP contribution in [-0.4, -0.2) is 27.7 Å². The Morgan fingerprint density at radius 1 is 1.03 bits per heavy atom. The first-order chi connectivity index (χ1) is 15.1. The number of unbranched alkanes of at least 4 members (excludes halogenated alkanes) is 1. The van der Waals surface area contributed by atoms with Crippen molar-refractivity contribution in [3.63, 3.8) is 0 Å². The van der Waals surface area contributed by atoms with E-state index in [4.69, 9.17) is 9.72 Å². The summed E-state index contributed by atoms with van der Waals surface area (Å²) in [5.74, 6) is 0.926. The third kappa shape index (κ3) is 4.17. The summed E-state index contributed by atoms with van der Waals surface area (Å²) in [4.78, 5) is 16.4. The number of carboxylic acid groups (broad SMARTS) is 1. The Hall–Kier alpha value is -3.60. The SMILES string of the molecule is CCCCc1nc2c(OC)cccc2n1Cc1ccc(-c2ccccc2C(=O)O)cc1. The molecule has 0 spiro atoms. The number of fused-ring (bicyclic) bond motifs is 1. The number of carbonyl (C=O) groups is 1. The topological polar surface area (TPSA) is 64.4 Å². The zero-order valence-electron chi connectivity index (χ0n) is 17.8. The summed E-state index contributed by atoms with van der Waals surface area (Å²) in [7, 11) is 1.67. The third-order valence-electron chi connectivity index (χ3n) is 5.56. The predicted molar refractivity (Wildman–Crippen MR) is 123 cm³/mol. The Morgan fingerprint density at radius 2 is 1.81 bits per heavy atom. The molecule has 0 aliphatic rings. The molecule has 158 valence electrons. The van der Waals surface area contributed by atoms with Gasteiger partial charge < -0.3 is 14.4 Å². The maximum Gasteiger partial charge on any atom is 0.336 e. The first-order valence-electron chi connectivity index (χ1n) is 10.6. The highest BCUT2D eigenvalue weighted by molar-refractivity contribution is 5.96. The number of methoxy groups -OCH3 is 1. The van der Waals surface area contributed by atoms with E-state index in [1.54, 1.807) is 19.2 Å². The van der Waals surface area contributed by atoms with Gasteiger partial charge in [-0.25, -0.2) is 9.78 Å². The fourth-order valence-corrected chi connectivity index (χ4v) is 3.93. The smallest absolute Gasteiger partial charge is 0.336 e. The molecule has 3 aromatic carbocycles. The molecule has 4 aromatic rings. The van der Waals surface area contributed by atoms with Gasteiger partial charge in [0.15, 0.2) is 0 Å². The summed E-state index contributed by atoms with van der Waals surface area (Å²) in [5.41, 5.74) is 5.02. The van der Waals surface area contributed by atoms with Crippen LogP contribution in [0, 0.1) is 0 Å². The molecule has 0 amide bonds. The number of hydrogen-bond donors (Lipinski definition) is 1. The van der Waals surface area contributed by atoms with Crippen molar-refractivity contribution >= 4 is 17.0 Å². The lowest BCUT2D eigenvalue weighted by Gasteiger charge is -2.11. The van der Waals surface area contributed by atoms with E-state index < -0.39 is 5.97 Å². The molecule has 0 unspecified atom stereocenters. The first kappa shape index (κ1) is 20.7. The molecule has 31 heavy (non-hydrogen) atoms. The van der Waals surface area contributed by atoms with Crippen LogP contribution in [0.2, 0.25) is 0 Å². The molecule has 0 aliphatic carbocycles. The molecule has 5 nitrogen and oxygen atoms in total. The second kappa shape index (κ2) is 9.04. The van der Waals surface area contributed by atoms with E-state index in [0.717, 1.165) is 58.6 Å². The molecule has 0 fully saturated rings. The third-order valence-corrected chi connectivity index (χ3v) is 5.56. The van der Waals surface area contributed by atoms with Gasteiger partial charge in [-0.15, -0.1) is 0 Å². The lowest BCUT2D eigenvalue weighted by atomic mass is 9.99. The lowest BCUT2D eigenvalue weighted by Crippen LogP contribution is -2.05. The Bertz CT molecular complexity index is 1210. The summed E-state index contributed by atoms with van der Waals surface area (Å²) in [6, 6.07) is 21.2. The molecule has 0 atom stereocenters. The van der Waals surface area contributed by atoms with Crippen molar-refractivity contribution < 1.29 is 14.6 Å². The number of nitrogens with zero attached hydrogens (tertiary/aromatic N) is 2. The van der Waals surface area contributed by atoms with Crippen LogP contribution < -0.4 is 4.74 Å². The Labute approximate surface area is 181 Å². The van der Waals surface area contributed by atoms with E-state index in [9.17, 15) is 9.90 Å². The first-order valence-corrected chi connectivity index (χ1v) is 10.6. The number of aryl methyl sites for hydroxylation is 1. The van der Waals surface area contributed by atoms with E-state index in [1.165, 1.54) is 0 Å². The van der Waals surface area contributed by atoms with Gasteiger partial charge in [0, 0.05) is 13.0 Å². The minimum absolute atomic E-state index is 0.310. The molecule has 0 saturated carbocycles. The minimum Gasteiger partial charge on any atom is -0.494 e. The molecule has 5 heteroatoms. The van der Waals surface area contributed by atoms with Crippen LogP contribution >= 0.6 is 0 Å². The van der Waals surface area contributed by atoms with Gasteiger partial charge in [0.2, 0.25) is 0 Å². The van der Waals surface area contributed by atoms with Gasteiger partial charge in [0.1, 0.15) is 17.1 Å². The van der Waals surface area contributed by atoms with Crippen molar-refractivity contribution in [2.75, 3.05) is 7.11 Å². The van der Waals surface area contributed by atoms with Gasteiger partial charge in [0.05, 0.1) is 18.2 Å². The van der Waals surface area contributed by atoms with Crippen LogP contribution in [0.15, 0.2) is 66.7 Å². The molecule has 0 bridgehead atoms. The number of aromatic carboxylic acids is 1. The number of hydrogen-bond acceptors (Lipinski definition) is 3. The number of ether oxygens (including phenoxy) is 1. The lowest BCUT2D eigenvalue weighted by molar-refractivity contribution is 0.0697. The second-order valence-corrected chi connectivity index (χ2v) is 7.59. The maximum absolute atomic E-state index is 11.6. The van der Waals surface area contributed by atoms with Crippen LogP contribution in [0.25, 0.3) is 22.2 Å². The average molecular weight is 415 g/mol. The molecule has 0 saturated heterocycles. The Morgan fingerprint density at radius 3 is 2.52 bits per heavy atom. The van der Waals surface area contributed by atoms with Crippen molar-refractivity contribution in [2.45, 2.75) is 32.7 Å². The van der Waals surface area contributed by atoms with Crippen molar-refractivity contribution in [3.8, 4) is 16.9 Å². The molecular formula is C26H26N2O3. The standard InChI is InChI=1S/C26H26N2O3/c1-3-4-12-24-27-25-22(10-7-11-23(25)31-2)28(24)17-18-13-15-19(16-14-18)20-8-5-6-9-21(20)26(29)30/h5-11,13-16H,3-4,12,17H2,1-2H3,(H,29,30). The number of para-hydroxylation sites is 1. The van der Waals surface area contributed by atoms with Gasteiger partial charge in [-0.05, 0) is 41.3 Å². The van der Waals surface area contributed by atoms with E-state index in [2.05, 4.69) is 29.7 Å². The van der Waals surface area contributed by atoms with Gasteiger partial charge in [0.25, 0.3) is 0 Å². The van der Waals surface area contributed by atoms with Gasteiger partial charge in [-0.2, -0.15) is 0 Å². The molecule has 0 aliphatic heterocycles. The molecular weight excluding hydrogens is 388 g/mol. The van der Waals surface area contributed by atoms with Gasteiger partial charge >= 0.3 is 5.97 Å². The Balaban J connectivity index is 1.69. The van der Waals surface area contributed by atoms with Gasteiger partial charge in [-0.1, -0.05) is 61.9 Å². The normalized spacial score (nSPS) is 11.0. The van der Waals surface area contributed by atoms with Crippen LogP contribution in [0.1, 0.15) is 41.5 Å². The zero-order valence-corrected chi connectivity index (χ0v) is 17.8. The largest absolute Gasteiger partial charge is 0.494 e. The average Bonchev–Trinajstić information content (AvgIpc) is 3.15. The quantitative estimate of drug-likeness (QED) is 0.396. The number of rotatable bonds is 8. The number of aromatic nitrogens is 2. The number of carboxylic acids is 1. The highest BCUT2D eigenvalue weighted by Crippen LogP contribution is 2.28. The second-order valence-electron chi connectivity index (χ2n) is 7.59. The van der Waals surface area contributed by atoms with Crippen LogP contribution in [0.5, 0.6) is 5.75 Å². The van der Waals surface area contributed by atoms with Crippen molar-refractivity contribution in [3.05, 3.63) is 83.7 Å². The van der Waals surface area contributed by atoms with E-state index in [1.807, 2.05) is 36.4 Å². The van der Waals surface area contributed by atoms with E-state index >= 15 is 0 Å². The van der Waals surface area contributed by atoms with Crippen LogP contribution in [0.3, 0.4) is 0 Å². The molecule has 4 rings (SSSR count). The minimum atomic E-state index is -0.918. The fraction of sp³-hybridized carbons (Fsp3) is 0.231. The van der Waals surface area contributed by atoms with Crippen molar-refractivity contribution in [1.82, 2.24) is 9.55 Å². The molecule has 1 heterocycles. The van der Waals surface area contributed by atoms with Crippen molar-refractivity contribution in [1.29, 1.82) is 0 Å². The Kier molecular flexibility index (Phi) is 6.03. The molecule has 1 N–H and O–H groups in total. The zero-order chi connectivity index (χ0) is 21.8. The summed E-state index contributed by atoms with van der Waals surface area (Å²) < 4.78 is 7.78. The molecule has 0 radical (unpaired) electrons. The van der Waals surface area contributed by atoms with E-state index in [-0.39, 0.29) is 0 Å². The van der Waals surface area contributed by atoms with Crippen LogP contribution in [0.4, 0.5) is 0 Å².